The fourth-order valence-corrected chi connectivity index (χ4v) is 5.18. The van der Waals surface area contributed by atoms with Crippen LogP contribution in [0.3, 0.4) is 0 Å². The maximum absolute atomic E-state index is 14.2. The predicted octanol–water partition coefficient (Wildman–Crippen LogP) is 2.74. The average molecular weight is 524 g/mol. The second-order valence-electron chi connectivity index (χ2n) is 11.0. The van der Waals surface area contributed by atoms with Crippen LogP contribution in [-0.4, -0.2) is 49.7 Å². The summed E-state index contributed by atoms with van der Waals surface area (Å²) >= 11 is 0. The number of aromatic nitrogens is 3. The summed E-state index contributed by atoms with van der Waals surface area (Å²) in [6.45, 7) is 7.79. The fourth-order valence-electron chi connectivity index (χ4n) is 5.18. The zero-order chi connectivity index (χ0) is 27.4. The topological polar surface area (TPSA) is 125 Å². The van der Waals surface area contributed by atoms with Crippen molar-refractivity contribution in [3.05, 3.63) is 63.2 Å². The number of amides is 1. The Labute approximate surface area is 218 Å². The highest BCUT2D eigenvalue weighted by Gasteiger charge is 2.51. The van der Waals surface area contributed by atoms with Gasteiger partial charge in [0.1, 0.15) is 5.82 Å². The summed E-state index contributed by atoms with van der Waals surface area (Å²) < 4.78 is 29.0. The van der Waals surface area contributed by atoms with Gasteiger partial charge < -0.3 is 19.7 Å². The quantitative estimate of drug-likeness (QED) is 0.503. The molecule has 1 saturated heterocycles. The first kappa shape index (κ1) is 26.1. The third-order valence-electron chi connectivity index (χ3n) is 7.93. The predicted molar refractivity (Wildman–Crippen MR) is 140 cm³/mol. The molecule has 2 aliphatic rings. The van der Waals surface area contributed by atoms with Gasteiger partial charge in [-0.15, -0.1) is 0 Å². The highest BCUT2D eigenvalue weighted by molar-refractivity contribution is 6.62. The zero-order valence-electron chi connectivity index (χ0n) is 21.7. The molecule has 200 valence electrons. The Balaban J connectivity index is 1.61. The molecule has 0 bridgehead atoms. The van der Waals surface area contributed by atoms with Gasteiger partial charge in [0.25, 0.3) is 5.56 Å². The van der Waals surface area contributed by atoms with Crippen molar-refractivity contribution in [3.8, 4) is 5.69 Å². The van der Waals surface area contributed by atoms with Crippen LogP contribution >= 0.6 is 0 Å². The largest absolute Gasteiger partial charge is 0.494 e. The molecule has 12 heteroatoms. The van der Waals surface area contributed by atoms with Crippen molar-refractivity contribution in [2.24, 2.45) is 0 Å². The highest BCUT2D eigenvalue weighted by atomic mass is 19.1. The third-order valence-corrected chi connectivity index (χ3v) is 7.93. The summed E-state index contributed by atoms with van der Waals surface area (Å²) in [6, 6.07) is 7.42. The molecule has 0 unspecified atom stereocenters. The van der Waals surface area contributed by atoms with Crippen molar-refractivity contribution >= 4 is 29.7 Å². The Bertz CT molecular complexity index is 1510. The highest BCUT2D eigenvalue weighted by Crippen LogP contribution is 2.36. The van der Waals surface area contributed by atoms with Gasteiger partial charge in [0, 0.05) is 12.1 Å². The first-order valence-electron chi connectivity index (χ1n) is 12.7. The van der Waals surface area contributed by atoms with Gasteiger partial charge in [0.15, 0.2) is 5.65 Å². The lowest BCUT2D eigenvalue weighted by molar-refractivity contribution is 0.00578. The number of hydrogen-bond donors (Lipinski definition) is 2. The smallest absolute Gasteiger partial charge is 0.465 e. The molecule has 10 nitrogen and oxygen atoms in total. The van der Waals surface area contributed by atoms with E-state index in [1.807, 2.05) is 33.8 Å². The van der Waals surface area contributed by atoms with E-state index in [0.717, 1.165) is 16.8 Å². The molecule has 2 N–H and O–H groups in total. The summed E-state index contributed by atoms with van der Waals surface area (Å²) in [4.78, 5) is 42.5. The maximum Gasteiger partial charge on any atom is 0.494 e. The van der Waals surface area contributed by atoms with Gasteiger partial charge >= 0.3 is 18.9 Å². The van der Waals surface area contributed by atoms with Crippen molar-refractivity contribution in [1.82, 2.24) is 19.4 Å². The fraction of sp³-hybridized carbons (Fsp3) is 0.462. The van der Waals surface area contributed by atoms with Gasteiger partial charge in [-0.2, -0.15) is 0 Å². The SMILES string of the molecule is CC1(C)OB(c2cccc(-n3c(=O)n([C@H]4CC[C@@H](NC(=O)O)CC4)c(=O)c4cc(F)cnc43)c2)OC1(C)C. The molecule has 0 atom stereocenters. The van der Waals surface area contributed by atoms with E-state index in [4.69, 9.17) is 14.4 Å². The number of nitrogens with one attached hydrogen (secondary N) is 1. The molecule has 1 aromatic carbocycles. The molecule has 38 heavy (non-hydrogen) atoms. The number of halogens is 1. The van der Waals surface area contributed by atoms with Crippen molar-refractivity contribution < 1.29 is 23.6 Å². The number of pyridine rings is 1. The Morgan fingerprint density at radius 1 is 1.11 bits per heavy atom. The molecule has 5 rings (SSSR count). The summed E-state index contributed by atoms with van der Waals surface area (Å²) in [5.41, 5.74) is -1.17. The Hall–Kier alpha value is -3.51. The van der Waals surface area contributed by atoms with E-state index in [9.17, 15) is 18.8 Å². The number of nitrogens with zero attached hydrogens (tertiary/aromatic N) is 3. The van der Waals surface area contributed by atoms with Gasteiger partial charge in [-0.05, 0) is 77.0 Å². The lowest BCUT2D eigenvalue weighted by Crippen LogP contribution is -2.45. The molecule has 3 aromatic rings. The molecule has 0 spiro atoms. The van der Waals surface area contributed by atoms with E-state index >= 15 is 0 Å². The second-order valence-corrected chi connectivity index (χ2v) is 11.0. The summed E-state index contributed by atoms with van der Waals surface area (Å²) in [5, 5.41) is 11.5. The van der Waals surface area contributed by atoms with E-state index in [-0.39, 0.29) is 17.1 Å². The number of benzene rings is 1. The van der Waals surface area contributed by atoms with Gasteiger partial charge in [-0.3, -0.25) is 9.36 Å². The molecular formula is C26H30BFN4O6. The standard InChI is InChI=1S/C26H30BFN4O6/c1-25(2)26(3,4)38-27(37-25)15-6-5-7-19(12-15)31-21-20(13-16(28)14-29-21)22(33)32(24(31)36)18-10-8-17(9-11-18)30-23(34)35/h5-7,12-14,17-18,30H,8-11H2,1-4H3,(H,34,35)/t17-,18+. The minimum absolute atomic E-state index is 0.0172. The van der Waals surface area contributed by atoms with E-state index in [0.29, 0.717) is 36.8 Å². The van der Waals surface area contributed by atoms with Crippen LogP contribution in [0.4, 0.5) is 9.18 Å². The minimum Gasteiger partial charge on any atom is -0.465 e. The summed E-state index contributed by atoms with van der Waals surface area (Å²) in [6.07, 6.45) is 1.65. The number of carbonyl (C=O) groups is 1. The van der Waals surface area contributed by atoms with Crippen LogP contribution in [0.25, 0.3) is 16.7 Å². The number of fused-ring (bicyclic) bond motifs is 1. The van der Waals surface area contributed by atoms with Gasteiger partial charge in [-0.1, -0.05) is 12.1 Å². The van der Waals surface area contributed by atoms with Crippen LogP contribution in [0.2, 0.25) is 0 Å². The molecule has 2 aromatic heterocycles. The lowest BCUT2D eigenvalue weighted by atomic mass is 9.79. The molecule has 1 saturated carbocycles. The van der Waals surface area contributed by atoms with Crippen LogP contribution in [-0.2, 0) is 9.31 Å². The van der Waals surface area contributed by atoms with E-state index < -0.39 is 47.5 Å². The lowest BCUT2D eigenvalue weighted by Gasteiger charge is -2.32. The van der Waals surface area contributed by atoms with Crippen LogP contribution in [0.5, 0.6) is 0 Å². The number of hydrogen-bond acceptors (Lipinski definition) is 6. The first-order chi connectivity index (χ1) is 17.9. The van der Waals surface area contributed by atoms with Gasteiger partial charge in [-0.25, -0.2) is 23.5 Å². The zero-order valence-corrected chi connectivity index (χ0v) is 21.7. The third kappa shape index (κ3) is 4.51. The normalized spacial score (nSPS) is 22.5. The second kappa shape index (κ2) is 9.35. The molecule has 1 aliphatic heterocycles. The van der Waals surface area contributed by atoms with Crippen molar-refractivity contribution in [3.63, 3.8) is 0 Å². The van der Waals surface area contributed by atoms with Crippen LogP contribution in [0.15, 0.2) is 46.1 Å². The minimum atomic E-state index is -1.11. The first-order valence-corrected chi connectivity index (χ1v) is 12.7. The van der Waals surface area contributed by atoms with Gasteiger partial charge in [0.05, 0.1) is 28.5 Å². The summed E-state index contributed by atoms with van der Waals surface area (Å²) in [5.74, 6) is -0.688. The molecule has 1 amide bonds. The van der Waals surface area contributed by atoms with Crippen LogP contribution < -0.4 is 22.0 Å². The molecular weight excluding hydrogens is 494 g/mol. The van der Waals surface area contributed by atoms with Crippen molar-refractivity contribution in [2.45, 2.75) is 76.7 Å². The molecule has 3 heterocycles. The maximum atomic E-state index is 14.2. The number of carboxylic acid groups (broad SMARTS) is 1. The number of rotatable bonds is 4. The average Bonchev–Trinajstić information content (AvgIpc) is 3.07. The van der Waals surface area contributed by atoms with Gasteiger partial charge in [0.2, 0.25) is 0 Å². The Kier molecular flexibility index (Phi) is 6.43. The molecule has 2 fully saturated rings. The Morgan fingerprint density at radius 3 is 2.39 bits per heavy atom. The molecule has 0 radical (unpaired) electrons. The monoisotopic (exact) mass is 524 g/mol. The Morgan fingerprint density at radius 2 is 1.76 bits per heavy atom. The van der Waals surface area contributed by atoms with Crippen molar-refractivity contribution in [2.75, 3.05) is 0 Å². The molecule has 1 aliphatic carbocycles. The van der Waals surface area contributed by atoms with Crippen molar-refractivity contribution in [1.29, 1.82) is 0 Å². The van der Waals surface area contributed by atoms with E-state index in [2.05, 4.69) is 10.3 Å². The summed E-state index contributed by atoms with van der Waals surface area (Å²) in [7, 11) is -0.671. The van der Waals surface area contributed by atoms with Crippen LogP contribution in [0, 0.1) is 5.82 Å². The van der Waals surface area contributed by atoms with Crippen LogP contribution in [0.1, 0.15) is 59.4 Å². The van der Waals surface area contributed by atoms with E-state index in [1.54, 1.807) is 18.2 Å². The van der Waals surface area contributed by atoms with E-state index in [1.165, 1.54) is 4.57 Å².